The number of carbonyl (C=O) groups excluding carboxylic acids is 1. The van der Waals surface area contributed by atoms with Crippen molar-refractivity contribution < 1.29 is 14.7 Å². The van der Waals surface area contributed by atoms with Gasteiger partial charge in [0.15, 0.2) is 5.41 Å². The molecule has 1 amide bonds. The molecule has 2 aliphatic rings. The van der Waals surface area contributed by atoms with Gasteiger partial charge in [0.2, 0.25) is 5.91 Å². The van der Waals surface area contributed by atoms with E-state index in [1.54, 1.807) is 17.1 Å². The predicted molar refractivity (Wildman–Crippen MR) is 83.4 cm³/mol. The number of nitrogens with zero attached hydrogens (tertiary/aromatic N) is 1. The van der Waals surface area contributed by atoms with Crippen LogP contribution in [0.5, 0.6) is 0 Å². The van der Waals surface area contributed by atoms with Gasteiger partial charge in [-0.3, -0.25) is 9.59 Å². The van der Waals surface area contributed by atoms with Gasteiger partial charge in [-0.1, -0.05) is 37.3 Å². The molecule has 4 nitrogen and oxygen atoms in total. The molecule has 0 saturated heterocycles. The number of carbonyl (C=O) groups is 2. The lowest BCUT2D eigenvalue weighted by Gasteiger charge is -2.35. The highest BCUT2D eigenvalue weighted by molar-refractivity contribution is 6.02. The van der Waals surface area contributed by atoms with Crippen molar-refractivity contribution in [3.63, 3.8) is 0 Å². The van der Waals surface area contributed by atoms with Crippen molar-refractivity contribution in [1.29, 1.82) is 0 Å². The van der Waals surface area contributed by atoms with Gasteiger partial charge >= 0.3 is 5.97 Å². The number of carboxylic acids is 1. The monoisotopic (exact) mass is 299 g/mol. The second-order valence-corrected chi connectivity index (χ2v) is 6.20. The third-order valence-electron chi connectivity index (χ3n) is 4.90. The highest BCUT2D eigenvalue weighted by Crippen LogP contribution is 2.37. The van der Waals surface area contributed by atoms with E-state index in [1.807, 2.05) is 0 Å². The summed E-state index contributed by atoms with van der Waals surface area (Å²) in [4.78, 5) is 26.2. The van der Waals surface area contributed by atoms with Gasteiger partial charge in [0, 0.05) is 13.1 Å². The van der Waals surface area contributed by atoms with Gasteiger partial charge in [-0.25, -0.2) is 0 Å². The van der Waals surface area contributed by atoms with Crippen molar-refractivity contribution in [3.05, 3.63) is 47.0 Å². The van der Waals surface area contributed by atoms with Crippen molar-refractivity contribution in [1.82, 2.24) is 4.90 Å². The molecule has 1 aromatic rings. The van der Waals surface area contributed by atoms with Crippen LogP contribution in [0.1, 0.15) is 36.5 Å². The lowest BCUT2D eigenvalue weighted by molar-refractivity contribution is -0.160. The van der Waals surface area contributed by atoms with E-state index >= 15 is 0 Å². The summed E-state index contributed by atoms with van der Waals surface area (Å²) in [6.07, 6.45) is 5.98. The maximum Gasteiger partial charge on any atom is 0.319 e. The quantitative estimate of drug-likeness (QED) is 0.689. The second-order valence-electron chi connectivity index (χ2n) is 6.20. The van der Waals surface area contributed by atoms with Crippen LogP contribution in [-0.4, -0.2) is 28.4 Å². The van der Waals surface area contributed by atoms with Gasteiger partial charge in [0.1, 0.15) is 0 Å². The Hall–Kier alpha value is -2.10. The summed E-state index contributed by atoms with van der Waals surface area (Å²) < 4.78 is 0. The van der Waals surface area contributed by atoms with Gasteiger partial charge in [0.25, 0.3) is 0 Å². The van der Waals surface area contributed by atoms with Crippen LogP contribution in [0.25, 0.3) is 0 Å². The Morgan fingerprint density at radius 3 is 2.59 bits per heavy atom. The van der Waals surface area contributed by atoms with Crippen molar-refractivity contribution in [2.24, 2.45) is 5.41 Å². The van der Waals surface area contributed by atoms with E-state index in [2.05, 4.69) is 25.1 Å². The highest BCUT2D eigenvalue weighted by atomic mass is 16.4. The zero-order valence-corrected chi connectivity index (χ0v) is 12.8. The first kappa shape index (κ1) is 14.8. The van der Waals surface area contributed by atoms with Crippen LogP contribution in [0.4, 0.5) is 0 Å². The number of hydrogen-bond acceptors (Lipinski definition) is 2. The maximum atomic E-state index is 12.8. The number of hydrogen-bond donors (Lipinski definition) is 1. The van der Waals surface area contributed by atoms with Gasteiger partial charge in [-0.2, -0.15) is 0 Å². The molecule has 4 heteroatoms. The summed E-state index contributed by atoms with van der Waals surface area (Å²) in [5.74, 6) is -1.24. The SMILES string of the molecule is CCc1ccc2c(c1)CN(C(=O)C1(C(=O)O)CC=CC1)CC2. The highest BCUT2D eigenvalue weighted by Gasteiger charge is 2.48. The summed E-state index contributed by atoms with van der Waals surface area (Å²) in [5.41, 5.74) is 2.41. The molecule has 0 radical (unpaired) electrons. The van der Waals surface area contributed by atoms with E-state index in [4.69, 9.17) is 0 Å². The molecule has 116 valence electrons. The van der Waals surface area contributed by atoms with E-state index in [0.717, 1.165) is 18.4 Å². The maximum absolute atomic E-state index is 12.8. The Labute approximate surface area is 130 Å². The average Bonchev–Trinajstić information content (AvgIpc) is 3.04. The molecule has 22 heavy (non-hydrogen) atoms. The molecule has 0 aromatic heterocycles. The van der Waals surface area contributed by atoms with E-state index in [0.29, 0.717) is 25.9 Å². The predicted octanol–water partition coefficient (Wildman–Crippen LogP) is 2.55. The minimum absolute atomic E-state index is 0.238. The first-order chi connectivity index (χ1) is 10.6. The summed E-state index contributed by atoms with van der Waals surface area (Å²) in [5, 5.41) is 9.55. The molecule has 3 rings (SSSR count). The molecular weight excluding hydrogens is 278 g/mol. The Balaban J connectivity index is 1.84. The molecule has 0 fully saturated rings. The minimum atomic E-state index is -1.28. The molecule has 1 aliphatic carbocycles. The molecule has 0 saturated carbocycles. The van der Waals surface area contributed by atoms with Crippen molar-refractivity contribution >= 4 is 11.9 Å². The Bertz CT molecular complexity index is 640. The largest absolute Gasteiger partial charge is 0.480 e. The molecule has 0 bridgehead atoms. The van der Waals surface area contributed by atoms with E-state index in [-0.39, 0.29) is 5.91 Å². The molecule has 1 aliphatic heterocycles. The fourth-order valence-corrected chi connectivity index (χ4v) is 3.40. The van der Waals surface area contributed by atoms with Gasteiger partial charge in [0.05, 0.1) is 0 Å². The summed E-state index contributed by atoms with van der Waals surface area (Å²) >= 11 is 0. The van der Waals surface area contributed by atoms with Crippen LogP contribution in [0, 0.1) is 5.41 Å². The second kappa shape index (κ2) is 5.59. The van der Waals surface area contributed by atoms with Crippen LogP contribution in [0.3, 0.4) is 0 Å². The molecule has 1 N–H and O–H groups in total. The van der Waals surface area contributed by atoms with E-state index < -0.39 is 11.4 Å². The van der Waals surface area contributed by atoms with Crippen molar-refractivity contribution in [2.75, 3.05) is 6.54 Å². The van der Waals surface area contributed by atoms with E-state index in [9.17, 15) is 14.7 Å². The van der Waals surface area contributed by atoms with Crippen LogP contribution < -0.4 is 0 Å². The summed E-state index contributed by atoms with van der Waals surface area (Å²) in [6.45, 7) is 3.24. The Morgan fingerprint density at radius 2 is 1.95 bits per heavy atom. The number of allylic oxidation sites excluding steroid dienone is 2. The van der Waals surface area contributed by atoms with Gasteiger partial charge in [-0.05, 0) is 42.4 Å². The molecule has 0 atom stereocenters. The zero-order valence-electron chi connectivity index (χ0n) is 12.8. The molecule has 0 unspecified atom stereocenters. The summed E-state index contributed by atoms with van der Waals surface area (Å²) in [6, 6.07) is 6.42. The smallest absolute Gasteiger partial charge is 0.319 e. The van der Waals surface area contributed by atoms with Crippen LogP contribution in [0.2, 0.25) is 0 Å². The van der Waals surface area contributed by atoms with Crippen molar-refractivity contribution in [2.45, 2.75) is 39.2 Å². The fourth-order valence-electron chi connectivity index (χ4n) is 3.40. The zero-order chi connectivity index (χ0) is 15.7. The normalized spacial score (nSPS) is 19.0. The van der Waals surface area contributed by atoms with Crippen molar-refractivity contribution in [3.8, 4) is 0 Å². The lowest BCUT2D eigenvalue weighted by atomic mass is 9.83. The van der Waals surface area contributed by atoms with Crippen LogP contribution in [0.15, 0.2) is 30.4 Å². The lowest BCUT2D eigenvalue weighted by Crippen LogP contribution is -2.49. The topological polar surface area (TPSA) is 57.6 Å². The third-order valence-corrected chi connectivity index (χ3v) is 4.90. The molecule has 1 aromatic carbocycles. The van der Waals surface area contributed by atoms with Crippen LogP contribution >= 0.6 is 0 Å². The first-order valence-electron chi connectivity index (χ1n) is 7.85. The number of benzene rings is 1. The number of fused-ring (bicyclic) bond motifs is 1. The van der Waals surface area contributed by atoms with Crippen LogP contribution in [-0.2, 0) is 29.0 Å². The first-order valence-corrected chi connectivity index (χ1v) is 7.85. The number of aryl methyl sites for hydroxylation is 1. The Morgan fingerprint density at radius 1 is 1.23 bits per heavy atom. The fraction of sp³-hybridized carbons (Fsp3) is 0.444. The average molecular weight is 299 g/mol. The minimum Gasteiger partial charge on any atom is -0.480 e. The third kappa shape index (κ3) is 2.32. The standard InChI is InChI=1S/C18H21NO3/c1-2-13-5-6-14-7-10-19(12-15(14)11-13)16(20)18(17(21)22)8-3-4-9-18/h3-6,11H,2,7-10,12H2,1H3,(H,21,22). The Kier molecular flexibility index (Phi) is 3.77. The number of rotatable bonds is 3. The molecule has 1 heterocycles. The van der Waals surface area contributed by atoms with Gasteiger partial charge in [-0.15, -0.1) is 0 Å². The molecule has 0 spiro atoms. The van der Waals surface area contributed by atoms with Gasteiger partial charge < -0.3 is 10.0 Å². The number of aliphatic carboxylic acids is 1. The van der Waals surface area contributed by atoms with E-state index in [1.165, 1.54) is 11.1 Å². The molecular formula is C18H21NO3. The number of amides is 1. The summed E-state index contributed by atoms with van der Waals surface area (Å²) in [7, 11) is 0. The number of carboxylic acid groups (broad SMARTS) is 1.